The Morgan fingerprint density at radius 1 is 0.591 bits per heavy atom. The average molecular weight is 567 g/mol. The molecule has 0 saturated heterocycles. The van der Waals surface area contributed by atoms with E-state index in [-0.39, 0.29) is 6.17 Å². The van der Waals surface area contributed by atoms with Gasteiger partial charge >= 0.3 is 0 Å². The number of fused-ring (bicyclic) bond motifs is 6. The molecule has 44 heavy (non-hydrogen) atoms. The van der Waals surface area contributed by atoms with Crippen molar-refractivity contribution in [2.45, 2.75) is 6.17 Å². The smallest absolute Gasteiger partial charge is 0.159 e. The topological polar surface area (TPSA) is 54.8 Å². The van der Waals surface area contributed by atoms with Gasteiger partial charge in [-0.2, -0.15) is 0 Å². The van der Waals surface area contributed by atoms with Gasteiger partial charge in [0.2, 0.25) is 0 Å². The highest BCUT2D eigenvalue weighted by Crippen LogP contribution is 2.38. The molecule has 0 amide bonds. The molecule has 1 atom stereocenters. The number of para-hydroxylation sites is 3. The van der Waals surface area contributed by atoms with Crippen LogP contribution in [0.25, 0.3) is 49.4 Å². The highest BCUT2D eigenvalue weighted by Gasteiger charge is 2.25. The molecule has 0 fully saturated rings. The van der Waals surface area contributed by atoms with Gasteiger partial charge in [0.15, 0.2) is 5.84 Å². The first-order valence-corrected chi connectivity index (χ1v) is 14.8. The lowest BCUT2D eigenvalue weighted by atomic mass is 10.0. The van der Waals surface area contributed by atoms with E-state index in [1.54, 1.807) is 0 Å². The molecular formula is C39H26N4O. The highest BCUT2D eigenvalue weighted by molar-refractivity contribution is 6.22. The Kier molecular flexibility index (Phi) is 5.50. The van der Waals surface area contributed by atoms with Crippen LogP contribution in [0.15, 0.2) is 160 Å². The molecule has 1 unspecified atom stereocenters. The van der Waals surface area contributed by atoms with Crippen LogP contribution in [0, 0.1) is 0 Å². The van der Waals surface area contributed by atoms with E-state index in [1.165, 1.54) is 10.8 Å². The first-order chi connectivity index (χ1) is 21.8. The molecule has 0 aliphatic carbocycles. The molecule has 3 heterocycles. The molecule has 1 N–H and O–H groups in total. The van der Waals surface area contributed by atoms with Crippen LogP contribution in [0.2, 0.25) is 0 Å². The Balaban J connectivity index is 1.34. The van der Waals surface area contributed by atoms with E-state index in [2.05, 4.69) is 107 Å². The van der Waals surface area contributed by atoms with Crippen molar-refractivity contribution < 1.29 is 4.42 Å². The summed E-state index contributed by atoms with van der Waals surface area (Å²) < 4.78 is 8.87. The molecule has 0 spiro atoms. The highest BCUT2D eigenvalue weighted by atomic mass is 16.3. The SMILES string of the molecule is c1ccc(C2=NC(c3ccccc3)NC(c3cc(-n4c5ccccc5c5ccccc54)cc4oc5ccccc5c34)=N2)cc1. The van der Waals surface area contributed by atoms with Crippen LogP contribution in [0.4, 0.5) is 0 Å². The molecule has 1 aliphatic rings. The normalized spacial score (nSPS) is 15.0. The number of aliphatic imine (C=N–C) groups is 2. The van der Waals surface area contributed by atoms with E-state index in [4.69, 9.17) is 14.4 Å². The standard InChI is InChI=1S/C39H26N4O/c1-3-13-25(14-4-1)37-40-38(26-15-5-2-6-16-26)42-39(41-37)31-23-27(24-35-36(31)30-19-9-12-22-34(30)44-35)43-32-20-10-7-17-28(32)29-18-8-11-21-33(29)43/h1-24,37H,(H,40,41,42). The van der Waals surface area contributed by atoms with E-state index in [9.17, 15) is 0 Å². The Bertz CT molecular complexity index is 2360. The summed E-state index contributed by atoms with van der Waals surface area (Å²) in [7, 11) is 0. The van der Waals surface area contributed by atoms with Gasteiger partial charge in [-0.25, -0.2) is 9.98 Å². The van der Waals surface area contributed by atoms with Crippen molar-refractivity contribution in [3.05, 3.63) is 162 Å². The summed E-state index contributed by atoms with van der Waals surface area (Å²) >= 11 is 0. The fraction of sp³-hybridized carbons (Fsp3) is 0.0256. The van der Waals surface area contributed by atoms with E-state index in [0.29, 0.717) is 5.84 Å². The van der Waals surface area contributed by atoms with Gasteiger partial charge in [0.25, 0.3) is 0 Å². The fourth-order valence-corrected chi connectivity index (χ4v) is 6.47. The van der Waals surface area contributed by atoms with Crippen LogP contribution in [0.1, 0.15) is 22.9 Å². The number of furan rings is 1. The van der Waals surface area contributed by atoms with Gasteiger partial charge in [-0.1, -0.05) is 115 Å². The predicted octanol–water partition coefficient (Wildman–Crippen LogP) is 9.18. The molecule has 1 aliphatic heterocycles. The summed E-state index contributed by atoms with van der Waals surface area (Å²) in [6, 6.07) is 50.2. The maximum atomic E-state index is 6.54. The number of nitrogens with one attached hydrogen (secondary N) is 1. The number of hydrogen-bond acceptors (Lipinski definition) is 4. The van der Waals surface area contributed by atoms with E-state index < -0.39 is 0 Å². The Morgan fingerprint density at radius 2 is 1.20 bits per heavy atom. The summed E-state index contributed by atoms with van der Waals surface area (Å²) in [5.41, 5.74) is 7.95. The molecule has 2 aromatic heterocycles. The second-order valence-electron chi connectivity index (χ2n) is 11.1. The van der Waals surface area contributed by atoms with Crippen LogP contribution in [-0.2, 0) is 0 Å². The van der Waals surface area contributed by atoms with Gasteiger partial charge in [-0.3, -0.25) is 0 Å². The van der Waals surface area contributed by atoms with Gasteiger partial charge in [0, 0.05) is 38.7 Å². The van der Waals surface area contributed by atoms with Gasteiger partial charge < -0.3 is 14.3 Å². The molecule has 5 heteroatoms. The first kappa shape index (κ1) is 24.6. The van der Waals surface area contributed by atoms with Crippen LogP contribution in [0.3, 0.4) is 0 Å². The molecular weight excluding hydrogens is 540 g/mol. The maximum Gasteiger partial charge on any atom is 0.159 e. The molecule has 0 saturated carbocycles. The van der Waals surface area contributed by atoms with Crippen LogP contribution < -0.4 is 5.32 Å². The fourth-order valence-electron chi connectivity index (χ4n) is 6.47. The van der Waals surface area contributed by atoms with Crippen molar-refractivity contribution in [3.8, 4) is 5.69 Å². The third kappa shape index (κ3) is 3.87. The number of benzene rings is 6. The molecule has 8 aromatic rings. The maximum absolute atomic E-state index is 6.54. The number of nitrogens with zero attached hydrogens (tertiary/aromatic N) is 3. The van der Waals surface area contributed by atoms with Gasteiger partial charge in [0.1, 0.15) is 23.2 Å². The minimum absolute atomic E-state index is 0.302. The van der Waals surface area contributed by atoms with Crippen molar-refractivity contribution in [2.75, 3.05) is 0 Å². The number of rotatable bonds is 4. The van der Waals surface area contributed by atoms with E-state index in [0.717, 1.165) is 61.2 Å². The first-order valence-electron chi connectivity index (χ1n) is 14.8. The van der Waals surface area contributed by atoms with Crippen molar-refractivity contribution in [1.29, 1.82) is 0 Å². The molecule has 208 valence electrons. The van der Waals surface area contributed by atoms with Crippen molar-refractivity contribution >= 4 is 55.4 Å². The predicted molar refractivity (Wildman–Crippen MR) is 180 cm³/mol. The lowest BCUT2D eigenvalue weighted by molar-refractivity contribution is 0.667. The van der Waals surface area contributed by atoms with Gasteiger partial charge in [-0.15, -0.1) is 0 Å². The molecule has 0 bridgehead atoms. The second-order valence-corrected chi connectivity index (χ2v) is 11.1. The summed E-state index contributed by atoms with van der Waals surface area (Å²) in [6.45, 7) is 0. The quantitative estimate of drug-likeness (QED) is 0.231. The summed E-state index contributed by atoms with van der Waals surface area (Å²) in [4.78, 5) is 10.3. The molecule has 6 aromatic carbocycles. The van der Waals surface area contributed by atoms with Crippen LogP contribution in [-0.4, -0.2) is 16.2 Å². The zero-order valence-electron chi connectivity index (χ0n) is 23.7. The second kappa shape index (κ2) is 9.82. The Morgan fingerprint density at radius 3 is 1.93 bits per heavy atom. The lowest BCUT2D eigenvalue weighted by Gasteiger charge is -2.24. The summed E-state index contributed by atoms with van der Waals surface area (Å²) in [5, 5.41) is 8.19. The number of aromatic nitrogens is 1. The molecule has 0 radical (unpaired) electrons. The summed E-state index contributed by atoms with van der Waals surface area (Å²) in [5.74, 6) is 1.45. The molecule has 9 rings (SSSR count). The third-order valence-corrected chi connectivity index (χ3v) is 8.45. The number of amidine groups is 2. The van der Waals surface area contributed by atoms with Crippen LogP contribution >= 0.6 is 0 Å². The van der Waals surface area contributed by atoms with Crippen LogP contribution in [0.5, 0.6) is 0 Å². The Labute approximate surface area is 253 Å². The zero-order valence-corrected chi connectivity index (χ0v) is 23.7. The Hall–Kier alpha value is -5.94. The largest absolute Gasteiger partial charge is 0.456 e. The monoisotopic (exact) mass is 566 g/mol. The minimum atomic E-state index is -0.302. The van der Waals surface area contributed by atoms with Crippen molar-refractivity contribution in [1.82, 2.24) is 9.88 Å². The van der Waals surface area contributed by atoms with E-state index >= 15 is 0 Å². The molecule has 5 nitrogen and oxygen atoms in total. The number of hydrogen-bond donors (Lipinski definition) is 1. The third-order valence-electron chi connectivity index (χ3n) is 8.45. The van der Waals surface area contributed by atoms with Crippen molar-refractivity contribution in [2.24, 2.45) is 9.98 Å². The summed E-state index contributed by atoms with van der Waals surface area (Å²) in [6.07, 6.45) is -0.302. The van der Waals surface area contributed by atoms with Crippen molar-refractivity contribution in [3.63, 3.8) is 0 Å². The lowest BCUT2D eigenvalue weighted by Crippen LogP contribution is -2.33. The minimum Gasteiger partial charge on any atom is -0.456 e. The van der Waals surface area contributed by atoms with Gasteiger partial charge in [-0.05, 0) is 29.8 Å². The van der Waals surface area contributed by atoms with E-state index in [1.807, 2.05) is 48.5 Å². The van der Waals surface area contributed by atoms with Gasteiger partial charge in [0.05, 0.1) is 16.7 Å². The average Bonchev–Trinajstić information content (AvgIpc) is 3.64. The zero-order chi connectivity index (χ0) is 29.0.